The third-order valence-electron chi connectivity index (χ3n) is 3.96. The van der Waals surface area contributed by atoms with Crippen LogP contribution in [0.5, 0.6) is 0 Å². The van der Waals surface area contributed by atoms with Gasteiger partial charge in [-0.1, -0.05) is 12.1 Å². The van der Waals surface area contributed by atoms with Crippen molar-refractivity contribution in [2.45, 2.75) is 36.6 Å². The second-order valence-corrected chi connectivity index (χ2v) is 7.64. The molecule has 0 bridgehead atoms. The molecule has 1 aromatic heterocycles. The van der Waals surface area contributed by atoms with E-state index in [1.165, 1.54) is 0 Å². The average Bonchev–Trinajstić information content (AvgIpc) is 2.95. The van der Waals surface area contributed by atoms with Crippen LogP contribution in [0.25, 0.3) is 11.5 Å². The lowest BCUT2D eigenvalue weighted by molar-refractivity contribution is 0.229. The zero-order valence-corrected chi connectivity index (χ0v) is 12.6. The van der Waals surface area contributed by atoms with Crippen LogP contribution in [0.1, 0.15) is 32.0 Å². The van der Waals surface area contributed by atoms with Crippen LogP contribution in [0.2, 0.25) is 0 Å². The topological polar surface area (TPSA) is 99.1 Å². The van der Waals surface area contributed by atoms with Gasteiger partial charge in [0.05, 0.1) is 16.2 Å². The van der Waals surface area contributed by atoms with Gasteiger partial charge in [0.25, 0.3) is 5.89 Å². The Morgan fingerprint density at radius 2 is 1.95 bits per heavy atom. The van der Waals surface area contributed by atoms with Crippen LogP contribution in [0, 0.1) is 0 Å². The second-order valence-electron chi connectivity index (χ2n) is 5.36. The Balaban J connectivity index is 1.88. The van der Waals surface area contributed by atoms with E-state index in [1.807, 2.05) is 0 Å². The lowest BCUT2D eigenvalue weighted by Gasteiger charge is -2.34. The Bertz CT molecular complexity index is 746. The standard InChI is InChI=1S/C14H17N3O3S/c1-2-21(18,19)11-6-4-10(5-7-11)12-16-13(17-20-12)14(15)8-3-9-14/h4-7H,2-3,8-9,15H2,1H3. The van der Waals surface area contributed by atoms with Gasteiger partial charge < -0.3 is 10.3 Å². The first-order valence-corrected chi connectivity index (χ1v) is 8.56. The highest BCUT2D eigenvalue weighted by molar-refractivity contribution is 7.91. The van der Waals surface area contributed by atoms with Gasteiger partial charge in [0.2, 0.25) is 0 Å². The van der Waals surface area contributed by atoms with E-state index in [9.17, 15) is 8.42 Å². The van der Waals surface area contributed by atoms with Crippen LogP contribution in [0.4, 0.5) is 0 Å². The van der Waals surface area contributed by atoms with E-state index < -0.39 is 15.4 Å². The molecule has 2 N–H and O–H groups in total. The molecule has 0 radical (unpaired) electrons. The van der Waals surface area contributed by atoms with E-state index in [0.29, 0.717) is 22.2 Å². The SMILES string of the molecule is CCS(=O)(=O)c1ccc(-c2nc(C3(N)CCC3)no2)cc1. The summed E-state index contributed by atoms with van der Waals surface area (Å²) in [6.07, 6.45) is 2.79. The summed E-state index contributed by atoms with van der Waals surface area (Å²) < 4.78 is 28.8. The highest BCUT2D eigenvalue weighted by Crippen LogP contribution is 2.37. The van der Waals surface area contributed by atoms with Crippen LogP contribution >= 0.6 is 0 Å². The molecule has 1 heterocycles. The van der Waals surface area contributed by atoms with Crippen LogP contribution < -0.4 is 5.73 Å². The van der Waals surface area contributed by atoms with Gasteiger partial charge in [-0.2, -0.15) is 4.98 Å². The normalized spacial score (nSPS) is 17.4. The van der Waals surface area contributed by atoms with Crippen LogP contribution in [0.15, 0.2) is 33.7 Å². The Kier molecular flexibility index (Phi) is 3.33. The smallest absolute Gasteiger partial charge is 0.257 e. The molecule has 6 nitrogen and oxygen atoms in total. The number of hydrogen-bond donors (Lipinski definition) is 1. The fraction of sp³-hybridized carbons (Fsp3) is 0.429. The second kappa shape index (κ2) is 4.92. The van der Waals surface area contributed by atoms with Gasteiger partial charge in [0.1, 0.15) is 0 Å². The van der Waals surface area contributed by atoms with Crippen LogP contribution in [0.3, 0.4) is 0 Å². The van der Waals surface area contributed by atoms with E-state index in [-0.39, 0.29) is 5.75 Å². The molecule has 0 saturated heterocycles. The number of benzene rings is 1. The Labute approximate surface area is 123 Å². The Morgan fingerprint density at radius 1 is 1.29 bits per heavy atom. The number of nitrogens with zero attached hydrogens (tertiary/aromatic N) is 2. The Morgan fingerprint density at radius 3 is 2.48 bits per heavy atom. The summed E-state index contributed by atoms with van der Waals surface area (Å²) in [5, 5.41) is 3.94. The Hall–Kier alpha value is -1.73. The summed E-state index contributed by atoms with van der Waals surface area (Å²) in [6.45, 7) is 1.62. The summed E-state index contributed by atoms with van der Waals surface area (Å²) in [5.74, 6) is 0.961. The van der Waals surface area contributed by atoms with Crippen molar-refractivity contribution in [3.63, 3.8) is 0 Å². The quantitative estimate of drug-likeness (QED) is 0.925. The van der Waals surface area contributed by atoms with E-state index in [0.717, 1.165) is 19.3 Å². The molecule has 0 atom stereocenters. The maximum absolute atomic E-state index is 11.8. The molecular weight excluding hydrogens is 290 g/mol. The lowest BCUT2D eigenvalue weighted by atomic mass is 9.77. The first kappa shape index (κ1) is 14.2. The first-order valence-electron chi connectivity index (χ1n) is 6.91. The van der Waals surface area contributed by atoms with Gasteiger partial charge in [-0.3, -0.25) is 0 Å². The molecule has 1 fully saturated rings. The van der Waals surface area contributed by atoms with Gasteiger partial charge >= 0.3 is 0 Å². The lowest BCUT2D eigenvalue weighted by Crippen LogP contribution is -2.44. The van der Waals surface area contributed by atoms with Crippen molar-refractivity contribution in [3.8, 4) is 11.5 Å². The fourth-order valence-corrected chi connectivity index (χ4v) is 3.18. The molecule has 0 amide bonds. The zero-order chi connectivity index (χ0) is 15.1. The molecule has 7 heteroatoms. The average molecular weight is 307 g/mol. The summed E-state index contributed by atoms with van der Waals surface area (Å²) in [6, 6.07) is 6.45. The van der Waals surface area contributed by atoms with Gasteiger partial charge in [0, 0.05) is 5.56 Å². The number of hydrogen-bond acceptors (Lipinski definition) is 6. The minimum atomic E-state index is -3.20. The molecule has 1 aromatic carbocycles. The largest absolute Gasteiger partial charge is 0.334 e. The van der Waals surface area contributed by atoms with Crippen molar-refractivity contribution in [1.29, 1.82) is 0 Å². The van der Waals surface area contributed by atoms with E-state index in [4.69, 9.17) is 10.3 Å². The number of nitrogens with two attached hydrogens (primary N) is 1. The molecule has 1 saturated carbocycles. The van der Waals surface area contributed by atoms with Crippen LogP contribution in [-0.2, 0) is 15.4 Å². The van der Waals surface area contributed by atoms with Crippen molar-refractivity contribution >= 4 is 9.84 Å². The molecule has 21 heavy (non-hydrogen) atoms. The van der Waals surface area contributed by atoms with Crippen molar-refractivity contribution in [2.24, 2.45) is 5.73 Å². The summed E-state index contributed by atoms with van der Waals surface area (Å²) >= 11 is 0. The van der Waals surface area contributed by atoms with Gasteiger partial charge in [0.15, 0.2) is 15.7 Å². The maximum atomic E-state index is 11.8. The molecule has 3 rings (SSSR count). The minimum absolute atomic E-state index is 0.0761. The molecule has 0 unspecified atom stereocenters. The molecule has 0 aliphatic heterocycles. The summed E-state index contributed by atoms with van der Waals surface area (Å²) in [4.78, 5) is 4.63. The first-order chi connectivity index (χ1) is 9.94. The predicted molar refractivity (Wildman–Crippen MR) is 77.2 cm³/mol. The minimum Gasteiger partial charge on any atom is -0.334 e. The van der Waals surface area contributed by atoms with Gasteiger partial charge in [-0.05, 0) is 43.5 Å². The van der Waals surface area contributed by atoms with Crippen LogP contribution in [-0.4, -0.2) is 24.3 Å². The maximum Gasteiger partial charge on any atom is 0.257 e. The number of aromatic nitrogens is 2. The molecule has 2 aromatic rings. The highest BCUT2D eigenvalue weighted by atomic mass is 32.2. The zero-order valence-electron chi connectivity index (χ0n) is 11.7. The summed E-state index contributed by atoms with van der Waals surface area (Å²) in [7, 11) is -3.20. The van der Waals surface area contributed by atoms with E-state index in [1.54, 1.807) is 31.2 Å². The van der Waals surface area contributed by atoms with Gasteiger partial charge in [-0.15, -0.1) is 0 Å². The van der Waals surface area contributed by atoms with Crippen molar-refractivity contribution in [2.75, 3.05) is 5.75 Å². The number of sulfone groups is 1. The molecule has 1 aliphatic rings. The third-order valence-corrected chi connectivity index (χ3v) is 5.71. The van der Waals surface area contributed by atoms with Gasteiger partial charge in [-0.25, -0.2) is 8.42 Å². The number of rotatable bonds is 4. The highest BCUT2D eigenvalue weighted by Gasteiger charge is 2.39. The molecule has 1 aliphatic carbocycles. The van der Waals surface area contributed by atoms with E-state index in [2.05, 4.69) is 10.1 Å². The van der Waals surface area contributed by atoms with Crippen molar-refractivity contribution < 1.29 is 12.9 Å². The van der Waals surface area contributed by atoms with Crippen molar-refractivity contribution in [1.82, 2.24) is 10.1 Å². The third kappa shape index (κ3) is 2.47. The van der Waals surface area contributed by atoms with Crippen molar-refractivity contribution in [3.05, 3.63) is 30.1 Å². The van der Waals surface area contributed by atoms with E-state index >= 15 is 0 Å². The molecule has 112 valence electrons. The summed E-state index contributed by atoms with van der Waals surface area (Å²) in [5.41, 5.74) is 6.37. The molecular formula is C14H17N3O3S. The monoisotopic (exact) mass is 307 g/mol. The predicted octanol–water partition coefficient (Wildman–Crippen LogP) is 1.87. The molecule has 0 spiro atoms. The fourth-order valence-electron chi connectivity index (χ4n) is 2.30.